The molecule has 0 bridgehead atoms. The van der Waals surface area contributed by atoms with Crippen LogP contribution in [0.4, 0.5) is 5.82 Å². The maximum absolute atomic E-state index is 12.5. The van der Waals surface area contributed by atoms with Crippen LogP contribution in [-0.2, 0) is 22.7 Å². The van der Waals surface area contributed by atoms with Crippen LogP contribution in [0, 0.1) is 5.41 Å². The number of ether oxygens (including phenoxy) is 1. The molecule has 0 unspecified atom stereocenters. The van der Waals surface area contributed by atoms with Gasteiger partial charge in [-0.1, -0.05) is 37.5 Å². The molecule has 7 nitrogen and oxygen atoms in total. The van der Waals surface area contributed by atoms with Crippen molar-refractivity contribution in [2.24, 2.45) is 11.1 Å². The molecule has 2 heterocycles. The molecule has 0 radical (unpaired) electrons. The maximum Gasteiger partial charge on any atom is 0.225 e. The van der Waals surface area contributed by atoms with E-state index in [-0.39, 0.29) is 5.91 Å². The molecule has 0 spiro atoms. The molecule has 148 valence electrons. The molecule has 28 heavy (non-hydrogen) atoms. The number of hydrogen-bond acceptors (Lipinski definition) is 5. The first-order valence-electron chi connectivity index (χ1n) is 9.97. The van der Waals surface area contributed by atoms with Crippen molar-refractivity contribution in [3.8, 4) is 0 Å². The van der Waals surface area contributed by atoms with E-state index in [1.165, 1.54) is 0 Å². The van der Waals surface area contributed by atoms with Crippen molar-refractivity contribution in [1.29, 1.82) is 0 Å². The summed E-state index contributed by atoms with van der Waals surface area (Å²) in [6.45, 7) is 3.38. The van der Waals surface area contributed by atoms with Crippen molar-refractivity contribution < 1.29 is 9.53 Å². The Morgan fingerprint density at radius 2 is 1.96 bits per heavy atom. The lowest BCUT2D eigenvalue weighted by atomic mass is 9.73. The molecular formula is C21H27N5O2. The van der Waals surface area contributed by atoms with E-state index in [0.717, 1.165) is 54.3 Å². The lowest BCUT2D eigenvalue weighted by Gasteiger charge is -2.35. The minimum Gasteiger partial charge on any atom is -0.382 e. The summed E-state index contributed by atoms with van der Waals surface area (Å²) in [5, 5.41) is 0.970. The summed E-state index contributed by atoms with van der Waals surface area (Å²) in [6, 6.07) is 7.87. The molecule has 2 aromatic heterocycles. The molecule has 1 saturated carbocycles. The van der Waals surface area contributed by atoms with Gasteiger partial charge in [-0.15, -0.1) is 0 Å². The lowest BCUT2D eigenvalue weighted by molar-refractivity contribution is -0.130. The molecule has 1 aliphatic rings. The number of hydrogen-bond donors (Lipinski definition) is 2. The van der Waals surface area contributed by atoms with Crippen LogP contribution in [0.2, 0.25) is 0 Å². The first-order valence-corrected chi connectivity index (χ1v) is 9.97. The van der Waals surface area contributed by atoms with E-state index in [1.54, 1.807) is 0 Å². The zero-order valence-electron chi connectivity index (χ0n) is 16.3. The predicted octanol–water partition coefficient (Wildman–Crippen LogP) is 3.14. The van der Waals surface area contributed by atoms with E-state index in [4.69, 9.17) is 21.2 Å². The van der Waals surface area contributed by atoms with Crippen molar-refractivity contribution in [2.45, 2.75) is 52.2 Å². The SMILES string of the molecule is CCOCc1nc2c(N)nc3ccccc3c2n1CC1(C(N)=O)CCCCC1. The molecule has 1 aromatic carbocycles. The number of nitrogen functional groups attached to an aromatic ring is 1. The van der Waals surface area contributed by atoms with Gasteiger partial charge < -0.3 is 20.8 Å². The van der Waals surface area contributed by atoms with Gasteiger partial charge >= 0.3 is 0 Å². The van der Waals surface area contributed by atoms with Gasteiger partial charge in [0, 0.05) is 18.5 Å². The smallest absolute Gasteiger partial charge is 0.225 e. The van der Waals surface area contributed by atoms with Crippen LogP contribution < -0.4 is 11.5 Å². The standard InChI is InChI=1S/C21H27N5O2/c1-2-28-12-16-25-17-18(14-8-4-5-9-15(14)24-19(17)22)26(16)13-21(20(23)27)10-6-3-7-11-21/h4-5,8-9H,2-3,6-7,10-13H2,1H3,(H2,22,24)(H2,23,27). The minimum atomic E-state index is -0.564. The van der Waals surface area contributed by atoms with Crippen LogP contribution in [0.25, 0.3) is 21.9 Å². The van der Waals surface area contributed by atoms with Crippen molar-refractivity contribution in [3.63, 3.8) is 0 Å². The van der Waals surface area contributed by atoms with Gasteiger partial charge in [-0.05, 0) is 25.8 Å². The van der Waals surface area contributed by atoms with Gasteiger partial charge in [0.25, 0.3) is 0 Å². The average molecular weight is 381 g/mol. The molecule has 4 rings (SSSR count). The Kier molecular flexibility index (Phi) is 4.93. The Morgan fingerprint density at radius 3 is 2.68 bits per heavy atom. The maximum atomic E-state index is 12.5. The van der Waals surface area contributed by atoms with E-state index in [9.17, 15) is 4.79 Å². The lowest BCUT2D eigenvalue weighted by Crippen LogP contribution is -2.42. The van der Waals surface area contributed by atoms with Gasteiger partial charge in [-0.3, -0.25) is 4.79 Å². The van der Waals surface area contributed by atoms with Gasteiger partial charge in [-0.2, -0.15) is 0 Å². The second-order valence-corrected chi connectivity index (χ2v) is 7.67. The Morgan fingerprint density at radius 1 is 1.21 bits per heavy atom. The minimum absolute atomic E-state index is 0.234. The second-order valence-electron chi connectivity index (χ2n) is 7.67. The fourth-order valence-electron chi connectivity index (χ4n) is 4.39. The molecule has 7 heteroatoms. The Balaban J connectivity index is 1.94. The van der Waals surface area contributed by atoms with E-state index in [1.807, 2.05) is 31.2 Å². The van der Waals surface area contributed by atoms with E-state index < -0.39 is 5.41 Å². The van der Waals surface area contributed by atoms with Crippen LogP contribution in [0.5, 0.6) is 0 Å². The number of carbonyl (C=O) groups excluding carboxylic acids is 1. The van der Waals surface area contributed by atoms with Crippen LogP contribution in [-0.4, -0.2) is 27.0 Å². The Labute approximate surface area is 164 Å². The van der Waals surface area contributed by atoms with Crippen molar-refractivity contribution in [3.05, 3.63) is 30.1 Å². The van der Waals surface area contributed by atoms with Crippen molar-refractivity contribution >= 4 is 33.7 Å². The number of anilines is 1. The molecule has 1 amide bonds. The Bertz CT molecular complexity index is 1020. The fourth-order valence-corrected chi connectivity index (χ4v) is 4.39. The van der Waals surface area contributed by atoms with E-state index in [2.05, 4.69) is 9.55 Å². The topological polar surface area (TPSA) is 109 Å². The summed E-state index contributed by atoms with van der Waals surface area (Å²) in [5.41, 5.74) is 14.0. The number of pyridine rings is 1. The van der Waals surface area contributed by atoms with Crippen LogP contribution in [0.15, 0.2) is 24.3 Å². The zero-order chi connectivity index (χ0) is 19.7. The number of imidazole rings is 1. The third kappa shape index (κ3) is 3.09. The highest BCUT2D eigenvalue weighted by Gasteiger charge is 2.39. The van der Waals surface area contributed by atoms with Gasteiger partial charge in [0.1, 0.15) is 17.9 Å². The highest BCUT2D eigenvalue weighted by molar-refractivity contribution is 6.06. The average Bonchev–Trinajstić information content (AvgIpc) is 3.06. The van der Waals surface area contributed by atoms with Gasteiger partial charge in [0.15, 0.2) is 5.82 Å². The van der Waals surface area contributed by atoms with Crippen LogP contribution >= 0.6 is 0 Å². The summed E-state index contributed by atoms with van der Waals surface area (Å²) in [7, 11) is 0. The number of rotatable bonds is 6. The molecule has 1 aliphatic carbocycles. The third-order valence-electron chi connectivity index (χ3n) is 5.92. The number of para-hydroxylation sites is 1. The molecular weight excluding hydrogens is 354 g/mol. The number of carbonyl (C=O) groups is 1. The molecule has 0 atom stereocenters. The quantitative estimate of drug-likeness (QED) is 0.682. The normalized spacial score (nSPS) is 16.6. The summed E-state index contributed by atoms with van der Waals surface area (Å²) >= 11 is 0. The van der Waals surface area contributed by atoms with Crippen LogP contribution in [0.1, 0.15) is 44.9 Å². The van der Waals surface area contributed by atoms with Crippen LogP contribution in [0.3, 0.4) is 0 Å². The first-order chi connectivity index (χ1) is 13.6. The van der Waals surface area contributed by atoms with Gasteiger partial charge in [0.05, 0.1) is 16.4 Å². The highest BCUT2D eigenvalue weighted by atomic mass is 16.5. The number of nitrogens with two attached hydrogens (primary N) is 2. The Hall–Kier alpha value is -2.67. The third-order valence-corrected chi connectivity index (χ3v) is 5.92. The summed E-state index contributed by atoms with van der Waals surface area (Å²) in [4.78, 5) is 21.8. The number of amides is 1. The summed E-state index contributed by atoms with van der Waals surface area (Å²) < 4.78 is 7.76. The number of aromatic nitrogens is 3. The molecule has 1 fully saturated rings. The molecule has 4 N–H and O–H groups in total. The first kappa shape index (κ1) is 18.7. The van der Waals surface area contributed by atoms with Gasteiger partial charge in [-0.25, -0.2) is 9.97 Å². The number of benzene rings is 1. The number of primary amides is 1. The van der Waals surface area contributed by atoms with E-state index in [0.29, 0.717) is 31.1 Å². The fraction of sp³-hybridized carbons (Fsp3) is 0.476. The zero-order valence-corrected chi connectivity index (χ0v) is 16.3. The number of nitrogens with zero attached hydrogens (tertiary/aromatic N) is 3. The van der Waals surface area contributed by atoms with E-state index >= 15 is 0 Å². The molecule has 0 aliphatic heterocycles. The molecule has 3 aromatic rings. The number of fused-ring (bicyclic) bond motifs is 3. The predicted molar refractivity (Wildman–Crippen MR) is 109 cm³/mol. The summed E-state index contributed by atoms with van der Waals surface area (Å²) in [6.07, 6.45) is 4.77. The summed E-state index contributed by atoms with van der Waals surface area (Å²) in [5.74, 6) is 0.914. The largest absolute Gasteiger partial charge is 0.382 e. The highest BCUT2D eigenvalue weighted by Crippen LogP contribution is 2.40. The van der Waals surface area contributed by atoms with Gasteiger partial charge in [0.2, 0.25) is 5.91 Å². The molecule has 0 saturated heterocycles. The van der Waals surface area contributed by atoms with Crippen molar-refractivity contribution in [2.75, 3.05) is 12.3 Å². The second kappa shape index (κ2) is 7.39. The monoisotopic (exact) mass is 381 g/mol. The van der Waals surface area contributed by atoms with Crippen molar-refractivity contribution in [1.82, 2.24) is 14.5 Å².